The lowest BCUT2D eigenvalue weighted by atomic mass is 10.2. The minimum Gasteiger partial charge on any atom is -0.356 e. The van der Waals surface area contributed by atoms with Crippen LogP contribution in [0.4, 0.5) is 68.2 Å². The molecule has 7 rings (SSSR count). The second-order valence-corrected chi connectivity index (χ2v) is 11.4. The zero-order valence-corrected chi connectivity index (χ0v) is 26.3. The molecule has 0 fully saturated rings. The van der Waals surface area contributed by atoms with Crippen molar-refractivity contribution in [2.75, 3.05) is 31.9 Å². The Morgan fingerprint density at radius 3 is 0.542 bits per heavy atom. The summed E-state index contributed by atoms with van der Waals surface area (Å²) in [5.74, 6) is 0. The molecule has 0 amide bonds. The number of nitrogens with one attached hydrogen (secondary N) is 6. The highest BCUT2D eigenvalue weighted by Crippen LogP contribution is 2.31. The highest BCUT2D eigenvalue weighted by atomic mass is 14.9. The van der Waals surface area contributed by atoms with E-state index in [-0.39, 0.29) is 0 Å². The molecule has 0 aliphatic heterocycles. The van der Waals surface area contributed by atoms with Gasteiger partial charge in [0, 0.05) is 68.2 Å². The summed E-state index contributed by atoms with van der Waals surface area (Å²) in [7, 11) is 0. The van der Waals surface area contributed by atoms with E-state index >= 15 is 0 Å². The van der Waals surface area contributed by atoms with E-state index in [1.54, 1.807) is 0 Å². The summed E-state index contributed by atoms with van der Waals surface area (Å²) in [6.45, 7) is 0. The molecule has 6 heteroatoms. The Labute approximate surface area is 281 Å². The third-order valence-corrected chi connectivity index (χ3v) is 7.64. The average Bonchev–Trinajstić information content (AvgIpc) is 3.12. The van der Waals surface area contributed by atoms with Gasteiger partial charge >= 0.3 is 0 Å². The molecule has 0 saturated heterocycles. The van der Waals surface area contributed by atoms with Crippen molar-refractivity contribution in [1.82, 2.24) is 0 Å². The fraction of sp³-hybridized carbons (Fsp3) is 0. The molecule has 0 heterocycles. The summed E-state index contributed by atoms with van der Waals surface area (Å²) in [5, 5.41) is 21.1. The molecular weight excluding hydrogens is 589 g/mol. The van der Waals surface area contributed by atoms with Crippen molar-refractivity contribution in [3.8, 4) is 0 Å². The number of hydrogen-bond donors (Lipinski definition) is 6. The largest absolute Gasteiger partial charge is 0.356 e. The fourth-order valence-corrected chi connectivity index (χ4v) is 5.32. The molecule has 7 aromatic rings. The Kier molecular flexibility index (Phi) is 9.15. The highest BCUT2D eigenvalue weighted by Gasteiger charge is 2.06. The lowest BCUT2D eigenvalue weighted by Crippen LogP contribution is -1.98. The van der Waals surface area contributed by atoms with Crippen molar-refractivity contribution in [1.29, 1.82) is 0 Å². The summed E-state index contributed by atoms with van der Waals surface area (Å²) in [5.41, 5.74) is 12.1. The van der Waals surface area contributed by atoms with Crippen LogP contribution >= 0.6 is 0 Å². The van der Waals surface area contributed by atoms with E-state index in [1.165, 1.54) is 0 Å². The molecule has 0 aliphatic rings. The van der Waals surface area contributed by atoms with Gasteiger partial charge in [-0.2, -0.15) is 0 Å². The molecule has 0 atom stereocenters. The topological polar surface area (TPSA) is 72.2 Å². The molecule has 48 heavy (non-hydrogen) atoms. The maximum absolute atomic E-state index is 3.59. The first-order valence-corrected chi connectivity index (χ1v) is 15.9. The van der Waals surface area contributed by atoms with Gasteiger partial charge in [-0.15, -0.1) is 0 Å². The first kappa shape index (κ1) is 30.0. The predicted octanol–water partition coefficient (Wildman–Crippen LogP) is 12.1. The van der Waals surface area contributed by atoms with E-state index in [1.807, 2.05) is 54.6 Å². The van der Waals surface area contributed by atoms with Crippen molar-refractivity contribution in [2.45, 2.75) is 0 Å². The number of hydrogen-bond acceptors (Lipinski definition) is 6. The summed E-state index contributed by atoms with van der Waals surface area (Å²) in [6.07, 6.45) is 0. The average molecular weight is 625 g/mol. The first-order chi connectivity index (χ1) is 23.7. The Morgan fingerprint density at radius 2 is 0.333 bits per heavy atom. The van der Waals surface area contributed by atoms with E-state index in [9.17, 15) is 0 Å². The van der Waals surface area contributed by atoms with Crippen LogP contribution in [0.2, 0.25) is 0 Å². The van der Waals surface area contributed by atoms with Gasteiger partial charge in [0.1, 0.15) is 0 Å². The zero-order chi connectivity index (χ0) is 32.4. The van der Waals surface area contributed by atoms with E-state index in [4.69, 9.17) is 0 Å². The van der Waals surface area contributed by atoms with Gasteiger partial charge in [0.15, 0.2) is 0 Å². The van der Waals surface area contributed by atoms with Crippen molar-refractivity contribution >= 4 is 68.2 Å². The van der Waals surface area contributed by atoms with Crippen LogP contribution in [0.25, 0.3) is 0 Å². The Hall–Kier alpha value is -6.66. The minimum absolute atomic E-state index is 0.955. The molecule has 0 radical (unpaired) electrons. The lowest BCUT2D eigenvalue weighted by Gasteiger charge is -2.16. The molecule has 0 unspecified atom stereocenters. The Morgan fingerprint density at radius 1 is 0.167 bits per heavy atom. The molecule has 0 aromatic heterocycles. The van der Waals surface area contributed by atoms with Gasteiger partial charge in [-0.3, -0.25) is 0 Å². The molecule has 7 aromatic carbocycles. The summed E-state index contributed by atoms with van der Waals surface area (Å²) >= 11 is 0. The smallest absolute Gasteiger partial charge is 0.0425 e. The summed E-state index contributed by atoms with van der Waals surface area (Å²) < 4.78 is 0. The van der Waals surface area contributed by atoms with Crippen LogP contribution in [0.1, 0.15) is 0 Å². The van der Waals surface area contributed by atoms with Gasteiger partial charge in [-0.05, 0) is 127 Å². The van der Waals surface area contributed by atoms with E-state index in [0.29, 0.717) is 0 Å². The second kappa shape index (κ2) is 14.6. The molecule has 6 nitrogen and oxygen atoms in total. The van der Waals surface area contributed by atoms with Gasteiger partial charge < -0.3 is 31.9 Å². The van der Waals surface area contributed by atoms with E-state index in [2.05, 4.69) is 159 Å². The number of rotatable bonds is 12. The summed E-state index contributed by atoms with van der Waals surface area (Å²) in [6, 6.07) is 61.8. The van der Waals surface area contributed by atoms with Crippen LogP contribution in [-0.2, 0) is 0 Å². The molecule has 0 saturated carbocycles. The van der Waals surface area contributed by atoms with Crippen LogP contribution in [0.5, 0.6) is 0 Å². The quantitative estimate of drug-likeness (QED) is 0.0813. The van der Waals surface area contributed by atoms with Crippen LogP contribution in [-0.4, -0.2) is 0 Å². The van der Waals surface area contributed by atoms with Crippen molar-refractivity contribution in [3.63, 3.8) is 0 Å². The van der Waals surface area contributed by atoms with Crippen LogP contribution < -0.4 is 31.9 Å². The molecule has 234 valence electrons. The first-order valence-electron chi connectivity index (χ1n) is 15.9. The SMILES string of the molecule is c1ccc(Nc2ccc(Nc3cc(Nc4ccc(Nc5ccccc5)cc4)cc(Nc4ccc(Nc5ccccc5)cc4)c3)cc2)cc1. The van der Waals surface area contributed by atoms with Crippen LogP contribution in [0, 0.1) is 0 Å². The normalized spacial score (nSPS) is 10.5. The maximum atomic E-state index is 3.59. The van der Waals surface area contributed by atoms with Crippen molar-refractivity contribution < 1.29 is 0 Å². The van der Waals surface area contributed by atoms with Crippen LogP contribution in [0.15, 0.2) is 182 Å². The number of benzene rings is 7. The van der Waals surface area contributed by atoms with Crippen LogP contribution in [0.3, 0.4) is 0 Å². The Bertz CT molecular complexity index is 1780. The molecule has 0 spiro atoms. The third kappa shape index (κ3) is 8.33. The number of para-hydroxylation sites is 3. The summed E-state index contributed by atoms with van der Waals surface area (Å²) in [4.78, 5) is 0. The second-order valence-electron chi connectivity index (χ2n) is 11.4. The molecular formula is C42H36N6. The zero-order valence-electron chi connectivity index (χ0n) is 26.3. The lowest BCUT2D eigenvalue weighted by molar-refractivity contribution is 1.47. The standard InChI is InChI=1S/C42H36N6/c1-4-10-31(11-5-1)43-34-16-22-37(23-17-34)46-40-28-41(47-38-24-18-35(19-25-38)44-32-12-6-2-7-13-32)30-42(29-40)48-39-26-20-36(21-27-39)45-33-14-8-3-9-15-33/h1-30,43-48H. The van der Waals surface area contributed by atoms with Gasteiger partial charge in [0.25, 0.3) is 0 Å². The predicted molar refractivity (Wildman–Crippen MR) is 205 cm³/mol. The van der Waals surface area contributed by atoms with E-state index in [0.717, 1.165) is 68.2 Å². The van der Waals surface area contributed by atoms with Gasteiger partial charge in [-0.25, -0.2) is 0 Å². The van der Waals surface area contributed by atoms with Crippen molar-refractivity contribution in [2.24, 2.45) is 0 Å². The van der Waals surface area contributed by atoms with Crippen molar-refractivity contribution in [3.05, 3.63) is 182 Å². The Balaban J connectivity index is 1.09. The fourth-order valence-electron chi connectivity index (χ4n) is 5.32. The van der Waals surface area contributed by atoms with Gasteiger partial charge in [0.05, 0.1) is 0 Å². The van der Waals surface area contributed by atoms with Gasteiger partial charge in [-0.1, -0.05) is 54.6 Å². The monoisotopic (exact) mass is 624 g/mol. The van der Waals surface area contributed by atoms with Gasteiger partial charge in [0.2, 0.25) is 0 Å². The highest BCUT2D eigenvalue weighted by molar-refractivity contribution is 5.78. The molecule has 6 N–H and O–H groups in total. The molecule has 0 bridgehead atoms. The maximum Gasteiger partial charge on any atom is 0.0425 e. The molecule has 0 aliphatic carbocycles. The van der Waals surface area contributed by atoms with E-state index < -0.39 is 0 Å². The number of anilines is 12. The minimum atomic E-state index is 0.955. The third-order valence-electron chi connectivity index (χ3n) is 7.64.